The van der Waals surface area contributed by atoms with Crippen molar-refractivity contribution in [1.82, 2.24) is 5.32 Å². The van der Waals surface area contributed by atoms with Crippen LogP contribution in [0.5, 0.6) is 5.75 Å². The van der Waals surface area contributed by atoms with Gasteiger partial charge in [-0.05, 0) is 30.2 Å². The Hall–Kier alpha value is -3.22. The van der Waals surface area contributed by atoms with E-state index >= 15 is 0 Å². The van der Waals surface area contributed by atoms with Crippen molar-refractivity contribution in [3.63, 3.8) is 0 Å². The molecule has 0 fully saturated rings. The third-order valence-corrected chi connectivity index (χ3v) is 3.27. The molecule has 7 heteroatoms. The summed E-state index contributed by atoms with van der Waals surface area (Å²) in [5, 5.41) is 18.4. The Balaban J connectivity index is 2.51. The Kier molecular flexibility index (Phi) is 4.93. The number of rotatable bonds is 3. The summed E-state index contributed by atoms with van der Waals surface area (Å²) in [4.78, 5) is 11.8. The highest BCUT2D eigenvalue weighted by Crippen LogP contribution is 2.31. The van der Waals surface area contributed by atoms with E-state index < -0.39 is 29.3 Å². The summed E-state index contributed by atoms with van der Waals surface area (Å²) in [6.07, 6.45) is 1.47. The molecule has 0 saturated heterocycles. The molecule has 0 spiro atoms. The van der Waals surface area contributed by atoms with Crippen LogP contribution in [0.25, 0.3) is 17.2 Å². The van der Waals surface area contributed by atoms with Crippen molar-refractivity contribution >= 4 is 17.9 Å². The molecule has 0 bridgehead atoms. The minimum Gasteiger partial charge on any atom is -0.505 e. The molecule has 0 radical (unpaired) electrons. The highest BCUT2D eigenvalue weighted by atomic mass is 19.1. The van der Waals surface area contributed by atoms with E-state index in [-0.39, 0.29) is 11.1 Å². The van der Waals surface area contributed by atoms with Gasteiger partial charge in [0.05, 0.1) is 0 Å². The van der Waals surface area contributed by atoms with Gasteiger partial charge in [-0.3, -0.25) is 15.5 Å². The number of nitrogens with two attached hydrogens (primary N) is 1. The van der Waals surface area contributed by atoms with Crippen LogP contribution in [0.2, 0.25) is 0 Å². The van der Waals surface area contributed by atoms with E-state index in [9.17, 15) is 18.7 Å². The van der Waals surface area contributed by atoms with E-state index in [0.717, 1.165) is 6.07 Å². The summed E-state index contributed by atoms with van der Waals surface area (Å²) in [5.74, 6) is -3.58. The monoisotopic (exact) mass is 331 g/mol. The highest BCUT2D eigenvalue weighted by molar-refractivity contribution is 6.06. The topological polar surface area (TPSA) is 99.2 Å². The van der Waals surface area contributed by atoms with Gasteiger partial charge in [0.1, 0.15) is 5.82 Å². The van der Waals surface area contributed by atoms with Crippen LogP contribution in [-0.2, 0) is 4.79 Å². The predicted molar refractivity (Wildman–Crippen MR) is 87.2 cm³/mol. The van der Waals surface area contributed by atoms with Gasteiger partial charge in [0, 0.05) is 17.2 Å². The molecule has 0 aliphatic heterocycles. The second-order valence-electron chi connectivity index (χ2n) is 5.07. The Morgan fingerprint density at radius 2 is 1.88 bits per heavy atom. The first-order valence-electron chi connectivity index (χ1n) is 6.90. The first kappa shape index (κ1) is 17.1. The van der Waals surface area contributed by atoms with E-state index in [1.165, 1.54) is 13.0 Å². The molecule has 5 N–H and O–H groups in total. The lowest BCUT2D eigenvalue weighted by molar-refractivity contribution is -0.116. The van der Waals surface area contributed by atoms with Gasteiger partial charge in [-0.15, -0.1) is 0 Å². The lowest BCUT2D eigenvalue weighted by Crippen LogP contribution is -2.36. The number of phenolic OH excluding ortho intramolecular Hbond substituents is 1. The van der Waals surface area contributed by atoms with Crippen molar-refractivity contribution in [2.45, 2.75) is 6.92 Å². The van der Waals surface area contributed by atoms with E-state index in [4.69, 9.17) is 11.1 Å². The molecule has 0 heterocycles. The van der Waals surface area contributed by atoms with Crippen LogP contribution in [0.3, 0.4) is 0 Å². The van der Waals surface area contributed by atoms with Crippen LogP contribution in [0, 0.1) is 17.0 Å². The highest BCUT2D eigenvalue weighted by Gasteiger charge is 2.14. The summed E-state index contributed by atoms with van der Waals surface area (Å²) >= 11 is 0. The number of hydrogen-bond donors (Lipinski definition) is 4. The second kappa shape index (κ2) is 6.91. The quantitative estimate of drug-likeness (QED) is 0.395. The fourth-order valence-corrected chi connectivity index (χ4v) is 2.13. The Morgan fingerprint density at radius 1 is 1.21 bits per heavy atom. The number of halogens is 2. The van der Waals surface area contributed by atoms with Gasteiger partial charge >= 0.3 is 0 Å². The summed E-state index contributed by atoms with van der Waals surface area (Å²) in [6.45, 7) is 1.50. The third kappa shape index (κ3) is 3.75. The van der Waals surface area contributed by atoms with Crippen LogP contribution in [0.4, 0.5) is 8.78 Å². The van der Waals surface area contributed by atoms with E-state index in [0.29, 0.717) is 17.2 Å². The van der Waals surface area contributed by atoms with E-state index in [2.05, 4.69) is 5.32 Å². The molecule has 2 rings (SSSR count). The maximum absolute atomic E-state index is 14.1. The van der Waals surface area contributed by atoms with Gasteiger partial charge < -0.3 is 10.8 Å². The molecule has 0 aliphatic carbocycles. The van der Waals surface area contributed by atoms with Gasteiger partial charge in [-0.2, -0.15) is 0 Å². The average molecular weight is 331 g/mol. The minimum atomic E-state index is -0.948. The number of hydrogen-bond acceptors (Lipinski definition) is 3. The van der Waals surface area contributed by atoms with Crippen LogP contribution in [0.15, 0.2) is 42.0 Å². The van der Waals surface area contributed by atoms with Crippen molar-refractivity contribution in [2.24, 2.45) is 5.73 Å². The molecule has 0 saturated carbocycles. The van der Waals surface area contributed by atoms with Crippen LogP contribution in [0.1, 0.15) is 12.5 Å². The molecule has 0 aliphatic rings. The summed E-state index contributed by atoms with van der Waals surface area (Å²) < 4.78 is 27.7. The largest absolute Gasteiger partial charge is 0.505 e. The van der Waals surface area contributed by atoms with Crippen molar-refractivity contribution in [1.29, 1.82) is 5.41 Å². The van der Waals surface area contributed by atoms with Crippen LogP contribution < -0.4 is 11.1 Å². The number of nitrogens with one attached hydrogen (secondary N) is 2. The zero-order valence-corrected chi connectivity index (χ0v) is 12.7. The molecule has 1 amide bonds. The molecule has 0 aromatic heterocycles. The molecule has 5 nitrogen and oxygen atoms in total. The number of phenols is 1. The summed E-state index contributed by atoms with van der Waals surface area (Å²) in [7, 11) is 0. The minimum absolute atomic E-state index is 0.0445. The number of amides is 1. The molecular weight excluding hydrogens is 316 g/mol. The smallest absolute Gasteiger partial charge is 0.253 e. The number of carbonyl (C=O) groups is 1. The SMILES string of the molecule is C/C(=C\c1ccccc1-c1cc(F)c(O)cc1F)C(=O)NC(=N)N. The molecule has 0 unspecified atom stereocenters. The average Bonchev–Trinajstić information content (AvgIpc) is 2.51. The second-order valence-corrected chi connectivity index (χ2v) is 5.07. The standard InChI is InChI=1S/C17H15F2N3O2/c1-9(16(24)22-17(20)21)6-10-4-2-3-5-11(10)12-7-14(19)15(23)8-13(12)18/h2-8,23H,1H3,(H4,20,21,22,24)/b9-6+. The molecule has 24 heavy (non-hydrogen) atoms. The summed E-state index contributed by atoms with van der Waals surface area (Å²) in [5.41, 5.74) is 6.12. The zero-order valence-electron chi connectivity index (χ0n) is 12.7. The van der Waals surface area contributed by atoms with Crippen LogP contribution >= 0.6 is 0 Å². The van der Waals surface area contributed by atoms with E-state index in [1.807, 2.05) is 0 Å². The van der Waals surface area contributed by atoms with Gasteiger partial charge in [-0.1, -0.05) is 24.3 Å². The Bertz CT molecular complexity index is 848. The lowest BCUT2D eigenvalue weighted by Gasteiger charge is -2.10. The first-order valence-corrected chi connectivity index (χ1v) is 6.90. The fraction of sp³-hybridized carbons (Fsp3) is 0.0588. The van der Waals surface area contributed by atoms with Crippen molar-refractivity contribution in [3.8, 4) is 16.9 Å². The third-order valence-electron chi connectivity index (χ3n) is 3.27. The maximum atomic E-state index is 14.1. The Morgan fingerprint density at radius 3 is 2.54 bits per heavy atom. The molecule has 124 valence electrons. The number of carbonyl (C=O) groups excluding carboxylic acids is 1. The number of aromatic hydroxyl groups is 1. The van der Waals surface area contributed by atoms with Crippen molar-refractivity contribution in [2.75, 3.05) is 0 Å². The van der Waals surface area contributed by atoms with Gasteiger partial charge in [0.25, 0.3) is 5.91 Å². The predicted octanol–water partition coefficient (Wildman–Crippen LogP) is 2.75. The first-order chi connectivity index (χ1) is 11.3. The molecular formula is C17H15F2N3O2. The van der Waals surface area contributed by atoms with Crippen LogP contribution in [-0.4, -0.2) is 17.0 Å². The number of guanidine groups is 1. The number of benzene rings is 2. The Labute approximate surface area is 136 Å². The van der Waals surface area contributed by atoms with Crippen molar-refractivity contribution < 1.29 is 18.7 Å². The fourth-order valence-electron chi connectivity index (χ4n) is 2.13. The summed E-state index contributed by atoms with van der Waals surface area (Å²) in [6, 6.07) is 8.10. The normalized spacial score (nSPS) is 11.2. The van der Waals surface area contributed by atoms with E-state index in [1.54, 1.807) is 24.3 Å². The van der Waals surface area contributed by atoms with Crippen molar-refractivity contribution in [3.05, 3.63) is 59.2 Å². The molecule has 2 aromatic rings. The van der Waals surface area contributed by atoms with Gasteiger partial charge in [-0.25, -0.2) is 8.78 Å². The van der Waals surface area contributed by atoms with Gasteiger partial charge in [0.2, 0.25) is 0 Å². The lowest BCUT2D eigenvalue weighted by atomic mass is 9.97. The van der Waals surface area contributed by atoms with Gasteiger partial charge in [0.15, 0.2) is 17.5 Å². The molecule has 0 atom stereocenters. The zero-order chi connectivity index (χ0) is 17.9. The molecule has 2 aromatic carbocycles. The maximum Gasteiger partial charge on any atom is 0.253 e.